The van der Waals surface area contributed by atoms with Crippen molar-refractivity contribution in [3.8, 4) is 5.69 Å². The lowest BCUT2D eigenvalue weighted by Crippen LogP contribution is -2.51. The van der Waals surface area contributed by atoms with Gasteiger partial charge in [-0.05, 0) is 80.9 Å². The largest absolute Gasteiger partial charge is 0.387 e. The van der Waals surface area contributed by atoms with Crippen molar-refractivity contribution in [3.05, 3.63) is 78.5 Å². The Bertz CT molecular complexity index is 1170. The minimum absolute atomic E-state index is 0.0118. The molecule has 2 aromatic heterocycles. The fourth-order valence-electron chi connectivity index (χ4n) is 5.24. The molecule has 1 saturated heterocycles. The molecule has 0 amide bonds. The zero-order valence-corrected chi connectivity index (χ0v) is 19.7. The van der Waals surface area contributed by atoms with Gasteiger partial charge in [0.25, 0.3) is 0 Å². The number of nitrogens with one attached hydrogen (secondary N) is 3. The minimum atomic E-state index is -0.497. The molecule has 34 heavy (non-hydrogen) atoms. The first-order valence-corrected chi connectivity index (χ1v) is 12.3. The number of aliphatic hydroxyl groups excluding tert-OH is 1. The van der Waals surface area contributed by atoms with E-state index in [2.05, 4.69) is 57.1 Å². The van der Waals surface area contributed by atoms with Gasteiger partial charge in [0.1, 0.15) is 12.7 Å². The SMILES string of the molecule is CC(NC1CCNCC1CCCc1c[nH]c2ccc(-n3cnnc3)cc12)C(O)c1ccccc1. The second-order valence-electron chi connectivity index (χ2n) is 9.48. The number of aromatic nitrogens is 4. The molecule has 0 saturated carbocycles. The van der Waals surface area contributed by atoms with Crippen molar-refractivity contribution in [2.75, 3.05) is 13.1 Å². The van der Waals surface area contributed by atoms with Crippen molar-refractivity contribution >= 4 is 10.9 Å². The van der Waals surface area contributed by atoms with Crippen LogP contribution in [0, 0.1) is 5.92 Å². The zero-order valence-electron chi connectivity index (χ0n) is 19.7. The van der Waals surface area contributed by atoms with Crippen molar-refractivity contribution in [3.63, 3.8) is 0 Å². The van der Waals surface area contributed by atoms with E-state index in [1.165, 1.54) is 10.9 Å². The predicted molar refractivity (Wildman–Crippen MR) is 135 cm³/mol. The molecule has 4 unspecified atom stereocenters. The zero-order chi connectivity index (χ0) is 23.3. The summed E-state index contributed by atoms with van der Waals surface area (Å²) in [7, 11) is 0. The van der Waals surface area contributed by atoms with Gasteiger partial charge in [-0.1, -0.05) is 30.3 Å². The van der Waals surface area contributed by atoms with Crippen LogP contribution >= 0.6 is 0 Å². The number of aromatic amines is 1. The smallest absolute Gasteiger partial charge is 0.123 e. The topological polar surface area (TPSA) is 90.8 Å². The highest BCUT2D eigenvalue weighted by Crippen LogP contribution is 2.26. The Morgan fingerprint density at radius 1 is 1.15 bits per heavy atom. The quantitative estimate of drug-likeness (QED) is 0.307. The van der Waals surface area contributed by atoms with Gasteiger partial charge in [-0.15, -0.1) is 10.2 Å². The van der Waals surface area contributed by atoms with Crippen LogP contribution in [0.1, 0.15) is 43.4 Å². The summed E-state index contributed by atoms with van der Waals surface area (Å²) >= 11 is 0. The summed E-state index contributed by atoms with van der Waals surface area (Å²) in [6, 6.07) is 16.8. The average Bonchev–Trinajstić information content (AvgIpc) is 3.55. The summed E-state index contributed by atoms with van der Waals surface area (Å²) in [5.41, 5.74) is 4.56. The van der Waals surface area contributed by atoms with E-state index >= 15 is 0 Å². The first kappa shape index (κ1) is 22.8. The lowest BCUT2D eigenvalue weighted by molar-refractivity contribution is 0.115. The van der Waals surface area contributed by atoms with Gasteiger partial charge >= 0.3 is 0 Å². The number of hydrogen-bond donors (Lipinski definition) is 4. The van der Waals surface area contributed by atoms with E-state index in [0.29, 0.717) is 12.0 Å². The molecular weight excluding hydrogens is 424 g/mol. The standard InChI is InChI=1S/C27H34N6O/c1-19(27(34)20-6-3-2-4-7-20)32-25-12-13-28-15-22(25)9-5-8-21-16-29-26-11-10-23(14-24(21)26)33-17-30-31-18-33/h2-4,6-7,10-11,14,16-19,22,25,27-29,32,34H,5,8-9,12-13,15H2,1H3. The summed E-state index contributed by atoms with van der Waals surface area (Å²) in [6.07, 6.45) is 9.51. The fraction of sp³-hybridized carbons (Fsp3) is 0.407. The van der Waals surface area contributed by atoms with Gasteiger partial charge in [0, 0.05) is 34.9 Å². The molecule has 1 aliphatic heterocycles. The number of hydrogen-bond acceptors (Lipinski definition) is 5. The number of H-pyrrole nitrogens is 1. The Morgan fingerprint density at radius 2 is 1.97 bits per heavy atom. The predicted octanol–water partition coefficient (Wildman–Crippen LogP) is 3.76. The van der Waals surface area contributed by atoms with Gasteiger partial charge in [-0.2, -0.15) is 0 Å². The Labute approximate surface area is 200 Å². The number of rotatable bonds is 9. The first-order valence-electron chi connectivity index (χ1n) is 12.3. The van der Waals surface area contributed by atoms with Crippen LogP contribution in [0.15, 0.2) is 67.4 Å². The second kappa shape index (κ2) is 10.5. The summed E-state index contributed by atoms with van der Waals surface area (Å²) < 4.78 is 1.94. The highest BCUT2D eigenvalue weighted by Gasteiger charge is 2.28. The van der Waals surface area contributed by atoms with Crippen LogP contribution in [0.3, 0.4) is 0 Å². The maximum atomic E-state index is 10.8. The Hall–Kier alpha value is -3.00. The van der Waals surface area contributed by atoms with E-state index in [-0.39, 0.29) is 6.04 Å². The number of nitrogens with zero attached hydrogens (tertiary/aromatic N) is 3. The van der Waals surface area contributed by atoms with Gasteiger partial charge in [0.05, 0.1) is 6.10 Å². The highest BCUT2D eigenvalue weighted by molar-refractivity contribution is 5.85. The van der Waals surface area contributed by atoms with Crippen LogP contribution in [0.25, 0.3) is 16.6 Å². The molecule has 0 radical (unpaired) electrons. The van der Waals surface area contributed by atoms with Gasteiger partial charge in [0.2, 0.25) is 0 Å². The number of fused-ring (bicyclic) bond motifs is 1. The van der Waals surface area contributed by atoms with Crippen LogP contribution in [0.5, 0.6) is 0 Å². The van der Waals surface area contributed by atoms with Crippen molar-refractivity contribution in [2.45, 2.75) is 50.8 Å². The lowest BCUT2D eigenvalue weighted by atomic mass is 9.87. The van der Waals surface area contributed by atoms with E-state index in [1.54, 1.807) is 12.7 Å². The highest BCUT2D eigenvalue weighted by atomic mass is 16.3. The third kappa shape index (κ3) is 5.06. The lowest BCUT2D eigenvalue weighted by Gasteiger charge is -2.36. The van der Waals surface area contributed by atoms with E-state index in [4.69, 9.17) is 0 Å². The molecule has 7 heteroatoms. The Balaban J connectivity index is 1.20. The minimum Gasteiger partial charge on any atom is -0.387 e. The van der Waals surface area contributed by atoms with Crippen LogP contribution in [-0.4, -0.2) is 50.0 Å². The van der Waals surface area contributed by atoms with Gasteiger partial charge in [0.15, 0.2) is 0 Å². The number of aryl methyl sites for hydroxylation is 1. The molecule has 5 rings (SSSR count). The van der Waals surface area contributed by atoms with Crippen molar-refractivity contribution < 1.29 is 5.11 Å². The fourth-order valence-corrected chi connectivity index (χ4v) is 5.24. The third-order valence-corrected chi connectivity index (χ3v) is 7.19. The van der Waals surface area contributed by atoms with E-state index in [1.807, 2.05) is 34.9 Å². The second-order valence-corrected chi connectivity index (χ2v) is 9.48. The molecule has 1 aliphatic rings. The molecule has 0 bridgehead atoms. The van der Waals surface area contributed by atoms with Crippen LogP contribution < -0.4 is 10.6 Å². The molecule has 0 aliphatic carbocycles. The molecule has 7 nitrogen and oxygen atoms in total. The summed E-state index contributed by atoms with van der Waals surface area (Å²) in [6.45, 7) is 4.14. The van der Waals surface area contributed by atoms with Gasteiger partial charge in [-0.3, -0.25) is 4.57 Å². The molecule has 1 fully saturated rings. The van der Waals surface area contributed by atoms with Crippen LogP contribution in [-0.2, 0) is 6.42 Å². The summed E-state index contributed by atoms with van der Waals surface area (Å²) in [4.78, 5) is 3.42. The van der Waals surface area contributed by atoms with Crippen molar-refractivity contribution in [1.82, 2.24) is 30.4 Å². The molecule has 2 aromatic carbocycles. The molecule has 4 atom stereocenters. The Kier molecular flexibility index (Phi) is 7.04. The summed E-state index contributed by atoms with van der Waals surface area (Å²) in [5.74, 6) is 0.553. The maximum Gasteiger partial charge on any atom is 0.123 e. The van der Waals surface area contributed by atoms with Crippen LogP contribution in [0.2, 0.25) is 0 Å². The molecular formula is C27H34N6O. The van der Waals surface area contributed by atoms with Crippen molar-refractivity contribution in [2.24, 2.45) is 5.92 Å². The number of aliphatic hydroxyl groups is 1. The molecule has 4 aromatic rings. The summed E-state index contributed by atoms with van der Waals surface area (Å²) in [5, 5.41) is 27.2. The van der Waals surface area contributed by atoms with E-state index in [9.17, 15) is 5.11 Å². The normalized spacial score (nSPS) is 20.4. The van der Waals surface area contributed by atoms with E-state index in [0.717, 1.165) is 55.5 Å². The van der Waals surface area contributed by atoms with Gasteiger partial charge in [-0.25, -0.2) is 0 Å². The average molecular weight is 459 g/mol. The monoisotopic (exact) mass is 458 g/mol. The molecule has 4 N–H and O–H groups in total. The third-order valence-electron chi connectivity index (χ3n) is 7.19. The number of benzene rings is 2. The Morgan fingerprint density at radius 3 is 2.79 bits per heavy atom. The van der Waals surface area contributed by atoms with Crippen molar-refractivity contribution in [1.29, 1.82) is 0 Å². The molecule has 178 valence electrons. The van der Waals surface area contributed by atoms with Crippen LogP contribution in [0.4, 0.5) is 0 Å². The van der Waals surface area contributed by atoms with E-state index < -0.39 is 6.10 Å². The first-order chi connectivity index (χ1) is 16.7. The van der Waals surface area contributed by atoms with Gasteiger partial charge < -0.3 is 20.7 Å². The molecule has 3 heterocycles. The number of piperidine rings is 1. The maximum absolute atomic E-state index is 10.8. The molecule has 0 spiro atoms.